The van der Waals surface area contributed by atoms with Crippen LogP contribution in [0.1, 0.15) is 18.4 Å². The fourth-order valence-corrected chi connectivity index (χ4v) is 2.01. The summed E-state index contributed by atoms with van der Waals surface area (Å²) >= 11 is 5.87. The Morgan fingerprint density at radius 1 is 1.40 bits per heavy atom. The van der Waals surface area contributed by atoms with Crippen molar-refractivity contribution in [2.75, 3.05) is 7.11 Å². The molecule has 0 radical (unpaired) electrons. The molecule has 1 saturated carbocycles. The number of alkyl halides is 1. The predicted molar refractivity (Wildman–Crippen MR) is 60.4 cm³/mol. The standard InChI is InChI=1S/C12H15ClO2/c1-14-11-4-2-3-9(5-11)8-15-12-6-10(13)7-12/h2-5,10,12H,6-8H2,1H3. The number of benzene rings is 1. The van der Waals surface area contributed by atoms with Crippen LogP contribution in [0.25, 0.3) is 0 Å². The minimum absolute atomic E-state index is 0.320. The molecule has 1 aromatic rings. The van der Waals surface area contributed by atoms with Crippen LogP contribution in [0.15, 0.2) is 24.3 Å². The number of methoxy groups -OCH3 is 1. The highest BCUT2D eigenvalue weighted by Crippen LogP contribution is 2.29. The van der Waals surface area contributed by atoms with Gasteiger partial charge in [-0.2, -0.15) is 0 Å². The van der Waals surface area contributed by atoms with E-state index in [-0.39, 0.29) is 0 Å². The van der Waals surface area contributed by atoms with Crippen LogP contribution in [-0.4, -0.2) is 18.6 Å². The summed E-state index contributed by atoms with van der Waals surface area (Å²) < 4.78 is 10.8. The summed E-state index contributed by atoms with van der Waals surface area (Å²) in [5, 5.41) is 0.320. The Hall–Kier alpha value is -0.730. The maximum absolute atomic E-state index is 5.87. The molecule has 1 aliphatic carbocycles. The van der Waals surface area contributed by atoms with Crippen LogP contribution in [-0.2, 0) is 11.3 Å². The van der Waals surface area contributed by atoms with Gasteiger partial charge in [0.25, 0.3) is 0 Å². The first-order valence-electron chi connectivity index (χ1n) is 5.16. The van der Waals surface area contributed by atoms with Crippen molar-refractivity contribution in [2.45, 2.75) is 30.9 Å². The summed E-state index contributed by atoms with van der Waals surface area (Å²) in [4.78, 5) is 0. The number of hydrogen-bond acceptors (Lipinski definition) is 2. The van der Waals surface area contributed by atoms with Crippen molar-refractivity contribution in [3.8, 4) is 5.75 Å². The second-order valence-corrected chi connectivity index (χ2v) is 4.47. The fraction of sp³-hybridized carbons (Fsp3) is 0.500. The van der Waals surface area contributed by atoms with Crippen LogP contribution in [0, 0.1) is 0 Å². The van der Waals surface area contributed by atoms with E-state index < -0.39 is 0 Å². The Bertz CT molecular complexity index is 321. The van der Waals surface area contributed by atoms with Crippen molar-refractivity contribution in [3.05, 3.63) is 29.8 Å². The van der Waals surface area contributed by atoms with Gasteiger partial charge in [-0.3, -0.25) is 0 Å². The van der Waals surface area contributed by atoms with Crippen molar-refractivity contribution in [1.29, 1.82) is 0 Å². The fourth-order valence-electron chi connectivity index (χ4n) is 1.61. The highest BCUT2D eigenvalue weighted by Gasteiger charge is 2.27. The first-order chi connectivity index (χ1) is 7.28. The monoisotopic (exact) mass is 226 g/mol. The predicted octanol–water partition coefficient (Wildman–Crippen LogP) is 2.98. The third-order valence-electron chi connectivity index (χ3n) is 2.66. The van der Waals surface area contributed by atoms with Gasteiger partial charge in [0, 0.05) is 5.38 Å². The first kappa shape index (κ1) is 10.8. The number of ether oxygens (including phenoxy) is 2. The van der Waals surface area contributed by atoms with E-state index in [1.54, 1.807) is 7.11 Å². The van der Waals surface area contributed by atoms with Crippen LogP contribution in [0.3, 0.4) is 0 Å². The normalized spacial score (nSPS) is 24.7. The SMILES string of the molecule is COc1cccc(COC2CC(Cl)C2)c1. The van der Waals surface area contributed by atoms with E-state index in [9.17, 15) is 0 Å². The van der Waals surface area contributed by atoms with E-state index >= 15 is 0 Å². The average Bonchev–Trinajstić information content (AvgIpc) is 2.23. The Labute approximate surface area is 95.1 Å². The van der Waals surface area contributed by atoms with Crippen molar-refractivity contribution < 1.29 is 9.47 Å². The Morgan fingerprint density at radius 2 is 2.20 bits per heavy atom. The van der Waals surface area contributed by atoms with Crippen molar-refractivity contribution >= 4 is 11.6 Å². The molecule has 2 rings (SSSR count). The van der Waals surface area contributed by atoms with E-state index in [2.05, 4.69) is 0 Å². The van der Waals surface area contributed by atoms with Crippen LogP contribution < -0.4 is 4.74 Å². The molecule has 0 amide bonds. The van der Waals surface area contributed by atoms with Gasteiger partial charge in [0.15, 0.2) is 0 Å². The number of rotatable bonds is 4. The van der Waals surface area contributed by atoms with Gasteiger partial charge in [-0.25, -0.2) is 0 Å². The molecule has 82 valence electrons. The Balaban J connectivity index is 1.82. The maximum Gasteiger partial charge on any atom is 0.119 e. The van der Waals surface area contributed by atoms with Gasteiger partial charge in [0.05, 0.1) is 19.8 Å². The summed E-state index contributed by atoms with van der Waals surface area (Å²) in [6.45, 7) is 0.644. The topological polar surface area (TPSA) is 18.5 Å². The molecule has 1 fully saturated rings. The van der Waals surface area contributed by atoms with E-state index in [1.165, 1.54) is 0 Å². The quantitative estimate of drug-likeness (QED) is 0.735. The first-order valence-corrected chi connectivity index (χ1v) is 5.60. The molecule has 0 unspecified atom stereocenters. The van der Waals surface area contributed by atoms with E-state index in [4.69, 9.17) is 21.1 Å². The Kier molecular flexibility index (Phi) is 3.49. The van der Waals surface area contributed by atoms with Crippen LogP contribution in [0.4, 0.5) is 0 Å². The molecule has 0 N–H and O–H groups in total. The van der Waals surface area contributed by atoms with E-state index in [0.29, 0.717) is 18.1 Å². The summed E-state index contributed by atoms with van der Waals surface area (Å²) in [7, 11) is 1.67. The van der Waals surface area contributed by atoms with E-state index in [0.717, 1.165) is 24.2 Å². The van der Waals surface area contributed by atoms with Gasteiger partial charge in [-0.05, 0) is 30.5 Å². The van der Waals surface area contributed by atoms with E-state index in [1.807, 2.05) is 24.3 Å². The van der Waals surface area contributed by atoms with Crippen LogP contribution >= 0.6 is 11.6 Å². The minimum Gasteiger partial charge on any atom is -0.497 e. The summed E-state index contributed by atoms with van der Waals surface area (Å²) in [5.74, 6) is 0.875. The van der Waals surface area contributed by atoms with Gasteiger partial charge >= 0.3 is 0 Å². The molecular formula is C12H15ClO2. The lowest BCUT2D eigenvalue weighted by molar-refractivity contribution is -0.00627. The Morgan fingerprint density at radius 3 is 2.87 bits per heavy atom. The average molecular weight is 227 g/mol. The lowest BCUT2D eigenvalue weighted by Gasteiger charge is -2.30. The molecule has 0 heterocycles. The molecule has 15 heavy (non-hydrogen) atoms. The third kappa shape index (κ3) is 2.86. The molecule has 0 spiro atoms. The zero-order valence-electron chi connectivity index (χ0n) is 8.78. The van der Waals surface area contributed by atoms with Gasteiger partial charge < -0.3 is 9.47 Å². The molecule has 3 heteroatoms. The smallest absolute Gasteiger partial charge is 0.119 e. The highest BCUT2D eigenvalue weighted by molar-refractivity contribution is 6.21. The molecule has 0 bridgehead atoms. The molecule has 0 atom stereocenters. The summed E-state index contributed by atoms with van der Waals surface area (Å²) in [5.41, 5.74) is 1.15. The molecule has 0 aliphatic heterocycles. The van der Waals surface area contributed by atoms with Crippen molar-refractivity contribution in [1.82, 2.24) is 0 Å². The largest absolute Gasteiger partial charge is 0.497 e. The molecule has 1 aliphatic rings. The van der Waals surface area contributed by atoms with Gasteiger partial charge in [-0.15, -0.1) is 11.6 Å². The minimum atomic E-state index is 0.320. The molecule has 0 saturated heterocycles. The van der Waals surface area contributed by atoms with Crippen molar-refractivity contribution in [2.24, 2.45) is 0 Å². The zero-order valence-corrected chi connectivity index (χ0v) is 9.54. The molecule has 2 nitrogen and oxygen atoms in total. The zero-order chi connectivity index (χ0) is 10.7. The van der Waals surface area contributed by atoms with Gasteiger partial charge in [-0.1, -0.05) is 12.1 Å². The summed E-state index contributed by atoms with van der Waals surface area (Å²) in [6.07, 6.45) is 2.30. The lowest BCUT2D eigenvalue weighted by atomic mass is 9.95. The summed E-state index contributed by atoms with van der Waals surface area (Å²) in [6, 6.07) is 7.94. The number of hydrogen-bond donors (Lipinski definition) is 0. The van der Waals surface area contributed by atoms with Gasteiger partial charge in [0.2, 0.25) is 0 Å². The number of halogens is 1. The van der Waals surface area contributed by atoms with Crippen LogP contribution in [0.5, 0.6) is 5.75 Å². The van der Waals surface area contributed by atoms with Crippen molar-refractivity contribution in [3.63, 3.8) is 0 Å². The maximum atomic E-state index is 5.87. The second-order valence-electron chi connectivity index (χ2n) is 3.85. The van der Waals surface area contributed by atoms with Gasteiger partial charge in [0.1, 0.15) is 5.75 Å². The third-order valence-corrected chi connectivity index (χ3v) is 3.01. The second kappa shape index (κ2) is 4.86. The highest BCUT2D eigenvalue weighted by atomic mass is 35.5. The molecule has 1 aromatic carbocycles. The molecular weight excluding hydrogens is 212 g/mol. The molecule has 0 aromatic heterocycles. The lowest BCUT2D eigenvalue weighted by Crippen LogP contribution is -2.31. The van der Waals surface area contributed by atoms with Crippen LogP contribution in [0.2, 0.25) is 0 Å².